The van der Waals surface area contributed by atoms with Gasteiger partial charge >= 0.3 is 11.9 Å². The zero-order chi connectivity index (χ0) is 33.7. The van der Waals surface area contributed by atoms with Crippen LogP contribution in [-0.2, 0) is 23.9 Å². The number of hydrogen-bond donors (Lipinski definition) is 1. The minimum Gasteiger partial charge on any atom is -0.422 e. The average Bonchev–Trinajstić information content (AvgIpc) is 3.21. The van der Waals surface area contributed by atoms with E-state index in [0.717, 1.165) is 38.5 Å². The summed E-state index contributed by atoms with van der Waals surface area (Å²) in [6.45, 7) is 23.1. The number of hydrogen-bond acceptors (Lipinski definition) is 6. The van der Waals surface area contributed by atoms with E-state index in [1.54, 1.807) is 6.08 Å². The van der Waals surface area contributed by atoms with Crippen LogP contribution in [0, 0.1) is 45.3 Å². The highest BCUT2D eigenvalue weighted by molar-refractivity contribution is 5.92. The molecular weight excluding hydrogens is 576 g/mol. The maximum atomic E-state index is 13.0. The van der Waals surface area contributed by atoms with E-state index in [1.807, 2.05) is 6.08 Å². The molecule has 1 N–H and O–H groups in total. The molecule has 4 saturated carbocycles. The Labute approximate surface area is 277 Å². The van der Waals surface area contributed by atoms with E-state index in [2.05, 4.69) is 54.7 Å². The lowest BCUT2D eigenvalue weighted by molar-refractivity contribution is -0.186. The first kappa shape index (κ1) is 34.9. The Morgan fingerprint density at radius 3 is 1.93 bits per heavy atom. The zero-order valence-corrected chi connectivity index (χ0v) is 29.3. The number of fused-ring (bicyclic) bond motifs is 2. The molecule has 5 aliphatic rings. The number of cyclic esters (lactones) is 1. The second kappa shape index (κ2) is 12.9. The summed E-state index contributed by atoms with van der Waals surface area (Å²) in [6.07, 6.45) is 13.9. The van der Waals surface area contributed by atoms with Crippen molar-refractivity contribution >= 4 is 18.2 Å². The summed E-state index contributed by atoms with van der Waals surface area (Å²) >= 11 is 0. The summed E-state index contributed by atoms with van der Waals surface area (Å²) in [5.41, 5.74) is 3.64. The number of carbonyl (C=O) groups is 3. The van der Waals surface area contributed by atoms with Gasteiger partial charge in [0.05, 0.1) is 12.0 Å². The predicted octanol–water partition coefficient (Wildman–Crippen LogP) is 8.59. The van der Waals surface area contributed by atoms with Crippen molar-refractivity contribution in [3.8, 4) is 0 Å². The standard InChI is InChI=1S/C40H58O6/c1-25-11-17-31-37(3,4)19-9-21-39(31,7)29(25)15-13-27(24-41)23-33(42)45-36-34(43)28(35(44)46-36)14-16-30-26(2)12-18-32-38(5,6)20-10-22-40(30,32)8/h13-14,24,29-32,34,36,43H,1-2,9-12,15-23H2,3-8H3/t29-,30-,31-,32-,34-,36-,39+,40+/m0/s1. The van der Waals surface area contributed by atoms with Gasteiger partial charge in [-0.25, -0.2) is 4.79 Å². The van der Waals surface area contributed by atoms with Gasteiger partial charge in [0.25, 0.3) is 6.29 Å². The van der Waals surface area contributed by atoms with Crippen molar-refractivity contribution in [2.75, 3.05) is 0 Å². The van der Waals surface area contributed by atoms with E-state index < -0.39 is 24.3 Å². The summed E-state index contributed by atoms with van der Waals surface area (Å²) in [5, 5.41) is 11.0. The number of esters is 2. The number of allylic oxidation sites excluding steroid dienone is 4. The quantitative estimate of drug-likeness (QED) is 0.124. The van der Waals surface area contributed by atoms with Crippen LogP contribution in [0.5, 0.6) is 0 Å². The molecule has 0 aromatic carbocycles. The van der Waals surface area contributed by atoms with Gasteiger partial charge in [0.15, 0.2) is 6.10 Å². The maximum absolute atomic E-state index is 13.0. The van der Waals surface area contributed by atoms with E-state index in [-0.39, 0.29) is 45.5 Å². The van der Waals surface area contributed by atoms with Crippen LogP contribution in [0.25, 0.3) is 0 Å². The molecule has 5 fully saturated rings. The summed E-state index contributed by atoms with van der Waals surface area (Å²) in [5.74, 6) is 0.252. The highest BCUT2D eigenvalue weighted by atomic mass is 16.7. The monoisotopic (exact) mass is 634 g/mol. The second-order valence-corrected chi connectivity index (χ2v) is 17.2. The van der Waals surface area contributed by atoms with E-state index in [0.29, 0.717) is 36.5 Å². The molecule has 254 valence electrons. The lowest BCUT2D eigenvalue weighted by Gasteiger charge is -2.58. The number of rotatable bonds is 8. The first-order valence-electron chi connectivity index (χ1n) is 17.8. The summed E-state index contributed by atoms with van der Waals surface area (Å²) in [4.78, 5) is 37.8. The fourth-order valence-corrected chi connectivity index (χ4v) is 11.2. The van der Waals surface area contributed by atoms with E-state index in [4.69, 9.17) is 9.47 Å². The average molecular weight is 635 g/mol. The van der Waals surface area contributed by atoms with Crippen LogP contribution in [0.4, 0.5) is 0 Å². The number of carbonyl (C=O) groups excluding carboxylic acids is 3. The number of aliphatic hydroxyl groups is 1. The molecule has 0 amide bonds. The van der Waals surface area contributed by atoms with E-state index in [1.165, 1.54) is 36.8 Å². The van der Waals surface area contributed by atoms with Gasteiger partial charge in [-0.2, -0.15) is 0 Å². The van der Waals surface area contributed by atoms with E-state index in [9.17, 15) is 19.5 Å². The zero-order valence-electron chi connectivity index (χ0n) is 29.3. The molecule has 6 nitrogen and oxygen atoms in total. The van der Waals surface area contributed by atoms with Crippen molar-refractivity contribution in [2.45, 2.75) is 137 Å². The fraction of sp³-hybridized carbons (Fsp3) is 0.725. The van der Waals surface area contributed by atoms with Crippen molar-refractivity contribution in [1.29, 1.82) is 0 Å². The molecular formula is C40H58O6. The van der Waals surface area contributed by atoms with Gasteiger partial charge in [0, 0.05) is 0 Å². The molecule has 8 atom stereocenters. The van der Waals surface area contributed by atoms with Gasteiger partial charge in [0.2, 0.25) is 0 Å². The summed E-state index contributed by atoms with van der Waals surface area (Å²) < 4.78 is 10.8. The normalized spacial score (nSPS) is 39.8. The Balaban J connectivity index is 1.21. The highest BCUT2D eigenvalue weighted by Gasteiger charge is 2.54. The van der Waals surface area contributed by atoms with Crippen LogP contribution < -0.4 is 0 Å². The van der Waals surface area contributed by atoms with Gasteiger partial charge in [-0.3, -0.25) is 9.59 Å². The van der Waals surface area contributed by atoms with Crippen molar-refractivity contribution in [3.05, 3.63) is 47.6 Å². The molecule has 6 heteroatoms. The van der Waals surface area contributed by atoms with Gasteiger partial charge in [-0.1, -0.05) is 90.8 Å². The Bertz CT molecular complexity index is 1320. The number of aliphatic hydroxyl groups excluding tert-OH is 1. The van der Waals surface area contributed by atoms with Crippen LogP contribution in [0.1, 0.15) is 125 Å². The molecule has 0 spiro atoms. The van der Waals surface area contributed by atoms with Crippen molar-refractivity contribution in [3.63, 3.8) is 0 Å². The molecule has 1 heterocycles. The lowest BCUT2D eigenvalue weighted by atomic mass is 9.47. The van der Waals surface area contributed by atoms with Crippen molar-refractivity contribution in [2.24, 2.45) is 45.3 Å². The van der Waals surface area contributed by atoms with Crippen LogP contribution >= 0.6 is 0 Å². The SMILES string of the molecule is C=C1CC[C@H]2C(C)(C)CCC[C@]2(C)[C@H]1CC=C(C=O)CC(=O)O[C@H]1OC(=O)C(=CC[C@H]2C(=C)CC[C@H]3C(C)(C)CCC[C@]23C)[C@@H]1O. The topological polar surface area (TPSA) is 89.9 Å². The molecule has 0 aromatic heterocycles. The van der Waals surface area contributed by atoms with Crippen molar-refractivity contribution < 1.29 is 29.0 Å². The Hall–Kier alpha value is -2.47. The number of ether oxygens (including phenoxy) is 2. The minimum atomic E-state index is -1.42. The first-order chi connectivity index (χ1) is 21.5. The predicted molar refractivity (Wildman–Crippen MR) is 180 cm³/mol. The Morgan fingerprint density at radius 2 is 1.41 bits per heavy atom. The van der Waals surface area contributed by atoms with Crippen LogP contribution in [0.2, 0.25) is 0 Å². The minimum absolute atomic E-state index is 0.0839. The van der Waals surface area contributed by atoms with Gasteiger partial charge in [-0.15, -0.1) is 0 Å². The molecule has 46 heavy (non-hydrogen) atoms. The first-order valence-corrected chi connectivity index (χ1v) is 17.8. The second-order valence-electron chi connectivity index (χ2n) is 17.2. The van der Waals surface area contributed by atoms with Gasteiger partial charge in [-0.05, 0) is 115 Å². The third-order valence-electron chi connectivity index (χ3n) is 13.6. The lowest BCUT2D eigenvalue weighted by Crippen LogP contribution is -2.49. The molecule has 0 bridgehead atoms. The van der Waals surface area contributed by atoms with Gasteiger partial charge < -0.3 is 14.6 Å². The smallest absolute Gasteiger partial charge is 0.339 e. The molecule has 0 aromatic rings. The molecule has 1 aliphatic heterocycles. The molecule has 0 radical (unpaired) electrons. The summed E-state index contributed by atoms with van der Waals surface area (Å²) in [7, 11) is 0. The van der Waals surface area contributed by atoms with Crippen LogP contribution in [0.3, 0.4) is 0 Å². The molecule has 1 saturated heterocycles. The Kier molecular flexibility index (Phi) is 9.74. The largest absolute Gasteiger partial charge is 0.422 e. The third kappa shape index (κ3) is 6.36. The number of aldehydes is 1. The highest BCUT2D eigenvalue weighted by Crippen LogP contribution is 2.63. The molecule has 5 rings (SSSR count). The van der Waals surface area contributed by atoms with Crippen LogP contribution in [0.15, 0.2) is 47.6 Å². The van der Waals surface area contributed by atoms with Crippen molar-refractivity contribution in [1.82, 2.24) is 0 Å². The van der Waals surface area contributed by atoms with E-state index >= 15 is 0 Å². The molecule has 4 aliphatic carbocycles. The van der Waals surface area contributed by atoms with Crippen LogP contribution in [-0.4, -0.2) is 35.7 Å². The molecule has 0 unspecified atom stereocenters. The third-order valence-corrected chi connectivity index (χ3v) is 13.6. The maximum Gasteiger partial charge on any atom is 0.339 e. The van der Waals surface area contributed by atoms with Gasteiger partial charge in [0.1, 0.15) is 6.29 Å². The summed E-state index contributed by atoms with van der Waals surface area (Å²) in [6, 6.07) is 0. The fourth-order valence-electron chi connectivity index (χ4n) is 11.2. The Morgan fingerprint density at radius 1 is 0.891 bits per heavy atom.